The second-order valence-corrected chi connectivity index (χ2v) is 5.69. The molecule has 7 nitrogen and oxygen atoms in total. The minimum absolute atomic E-state index is 0.0503. The number of urea groups is 1. The van der Waals surface area contributed by atoms with Crippen LogP contribution in [0.5, 0.6) is 0 Å². The molecule has 0 atom stereocenters. The molecule has 1 saturated heterocycles. The fourth-order valence-corrected chi connectivity index (χ4v) is 2.79. The van der Waals surface area contributed by atoms with Crippen molar-refractivity contribution in [3.8, 4) is 0 Å². The molecule has 0 bridgehead atoms. The van der Waals surface area contributed by atoms with E-state index in [0.717, 1.165) is 6.42 Å². The maximum absolute atomic E-state index is 12.5. The molecule has 1 aliphatic heterocycles. The van der Waals surface area contributed by atoms with Gasteiger partial charge in [0, 0.05) is 24.2 Å². The highest BCUT2D eigenvalue weighted by Gasteiger charge is 2.24. The van der Waals surface area contributed by atoms with E-state index in [4.69, 9.17) is 5.73 Å². The van der Waals surface area contributed by atoms with Gasteiger partial charge in [-0.3, -0.25) is 9.59 Å². The molecule has 25 heavy (non-hydrogen) atoms. The fourth-order valence-electron chi connectivity index (χ4n) is 2.79. The number of hydrogen-bond acceptors (Lipinski definition) is 3. The molecule has 0 aromatic heterocycles. The van der Waals surface area contributed by atoms with Gasteiger partial charge in [0.25, 0.3) is 5.91 Å². The third-order valence-corrected chi connectivity index (χ3v) is 3.91. The largest absolute Gasteiger partial charge is 0.351 e. The molecule has 0 aliphatic carbocycles. The highest BCUT2D eigenvalue weighted by molar-refractivity contribution is 6.08. The summed E-state index contributed by atoms with van der Waals surface area (Å²) >= 11 is 0. The average Bonchev–Trinajstić information content (AvgIpc) is 3.01. The number of hydrogen-bond donors (Lipinski definition) is 3. The topological polar surface area (TPSA) is 105 Å². The van der Waals surface area contributed by atoms with E-state index in [2.05, 4.69) is 10.6 Å². The smallest absolute Gasteiger partial charge is 0.316 e. The zero-order valence-electron chi connectivity index (χ0n) is 13.5. The number of benzene rings is 2. The van der Waals surface area contributed by atoms with Gasteiger partial charge < -0.3 is 21.3 Å². The second kappa shape index (κ2) is 7.04. The predicted molar refractivity (Wildman–Crippen MR) is 95.6 cm³/mol. The lowest BCUT2D eigenvalue weighted by molar-refractivity contribution is -0.117. The molecule has 2 aromatic rings. The molecule has 3 rings (SSSR count). The molecule has 128 valence electrons. The molecular weight excluding hydrogens is 320 g/mol. The first-order valence-electron chi connectivity index (χ1n) is 7.92. The maximum atomic E-state index is 12.5. The molecule has 4 N–H and O–H groups in total. The quantitative estimate of drug-likeness (QED) is 0.798. The lowest BCUT2D eigenvalue weighted by Crippen LogP contribution is -2.25. The molecule has 1 fully saturated rings. The number of rotatable bonds is 4. The van der Waals surface area contributed by atoms with Crippen LogP contribution in [0.3, 0.4) is 0 Å². The summed E-state index contributed by atoms with van der Waals surface area (Å²) in [5.41, 5.74) is 7.14. The molecule has 0 radical (unpaired) electrons. The lowest BCUT2D eigenvalue weighted by Gasteiger charge is -2.20. The summed E-state index contributed by atoms with van der Waals surface area (Å²) in [6, 6.07) is 12.9. The lowest BCUT2D eigenvalue weighted by atomic mass is 10.1. The van der Waals surface area contributed by atoms with Crippen molar-refractivity contribution in [3.05, 3.63) is 54.1 Å². The predicted octanol–water partition coefficient (Wildman–Crippen LogP) is 2.56. The normalized spacial score (nSPS) is 13.6. The van der Waals surface area contributed by atoms with Crippen molar-refractivity contribution in [2.24, 2.45) is 5.73 Å². The van der Waals surface area contributed by atoms with E-state index in [1.807, 2.05) is 12.1 Å². The minimum atomic E-state index is -0.699. The van der Waals surface area contributed by atoms with E-state index in [-0.39, 0.29) is 11.8 Å². The van der Waals surface area contributed by atoms with Gasteiger partial charge in [0.05, 0.1) is 11.4 Å². The van der Waals surface area contributed by atoms with Crippen LogP contribution in [-0.2, 0) is 4.79 Å². The van der Waals surface area contributed by atoms with E-state index < -0.39 is 6.03 Å². The van der Waals surface area contributed by atoms with E-state index in [1.165, 1.54) is 6.07 Å². The van der Waals surface area contributed by atoms with Crippen molar-refractivity contribution in [2.45, 2.75) is 12.8 Å². The monoisotopic (exact) mass is 338 g/mol. The van der Waals surface area contributed by atoms with Gasteiger partial charge in [0.1, 0.15) is 0 Å². The van der Waals surface area contributed by atoms with Gasteiger partial charge >= 0.3 is 6.03 Å². The molecule has 1 heterocycles. The SMILES string of the molecule is NC(=O)Nc1cccc(C(=O)Nc2ccccc2N2CCCC2=O)c1. The van der Waals surface area contributed by atoms with Crippen molar-refractivity contribution in [1.29, 1.82) is 0 Å². The summed E-state index contributed by atoms with van der Waals surface area (Å²) in [6.07, 6.45) is 1.32. The van der Waals surface area contributed by atoms with E-state index in [1.54, 1.807) is 35.2 Å². The summed E-state index contributed by atoms with van der Waals surface area (Å²) in [4.78, 5) is 37.2. The Bertz CT molecular complexity index is 835. The van der Waals surface area contributed by atoms with Crippen LogP contribution in [0.25, 0.3) is 0 Å². The summed E-state index contributed by atoms with van der Waals surface area (Å²) in [6.45, 7) is 0.643. The number of carbonyl (C=O) groups excluding carboxylic acids is 3. The van der Waals surface area contributed by atoms with Gasteiger partial charge in [-0.15, -0.1) is 0 Å². The number of primary amides is 1. The summed E-state index contributed by atoms with van der Waals surface area (Å²) in [5.74, 6) is -0.290. The molecular formula is C18H18N4O3. The standard InChI is InChI=1S/C18H18N4O3/c19-18(25)20-13-6-3-5-12(11-13)17(24)21-14-7-1-2-8-15(14)22-10-4-9-16(22)23/h1-3,5-8,11H,4,9-10H2,(H,21,24)(H3,19,20,25). The van der Waals surface area contributed by atoms with Crippen LogP contribution in [-0.4, -0.2) is 24.4 Å². The third-order valence-electron chi connectivity index (χ3n) is 3.91. The van der Waals surface area contributed by atoms with Crippen LogP contribution in [0.1, 0.15) is 23.2 Å². The zero-order chi connectivity index (χ0) is 17.8. The van der Waals surface area contributed by atoms with Crippen molar-refractivity contribution < 1.29 is 14.4 Å². The molecule has 2 aromatic carbocycles. The van der Waals surface area contributed by atoms with Crippen LogP contribution < -0.4 is 21.3 Å². The van der Waals surface area contributed by atoms with E-state index in [9.17, 15) is 14.4 Å². The van der Waals surface area contributed by atoms with Gasteiger partial charge in [-0.05, 0) is 36.8 Å². The number of anilines is 3. The van der Waals surface area contributed by atoms with Gasteiger partial charge in [0.15, 0.2) is 0 Å². The molecule has 0 spiro atoms. The first kappa shape index (κ1) is 16.5. The first-order chi connectivity index (χ1) is 12.0. The average molecular weight is 338 g/mol. The van der Waals surface area contributed by atoms with Crippen LogP contribution in [0, 0.1) is 0 Å². The van der Waals surface area contributed by atoms with Crippen LogP contribution >= 0.6 is 0 Å². The van der Waals surface area contributed by atoms with Gasteiger partial charge in [-0.25, -0.2) is 4.79 Å². The Kier molecular flexibility index (Phi) is 4.65. The number of nitrogens with zero attached hydrogens (tertiary/aromatic N) is 1. The van der Waals surface area contributed by atoms with Crippen molar-refractivity contribution in [3.63, 3.8) is 0 Å². The van der Waals surface area contributed by atoms with E-state index >= 15 is 0 Å². The summed E-state index contributed by atoms with van der Waals surface area (Å²) < 4.78 is 0. The number of carbonyl (C=O) groups is 3. The number of para-hydroxylation sites is 2. The van der Waals surface area contributed by atoms with Crippen LogP contribution in [0.2, 0.25) is 0 Å². The maximum Gasteiger partial charge on any atom is 0.316 e. The van der Waals surface area contributed by atoms with E-state index in [0.29, 0.717) is 35.6 Å². The Morgan fingerprint density at radius 3 is 2.56 bits per heavy atom. The Morgan fingerprint density at radius 2 is 1.84 bits per heavy atom. The molecule has 7 heteroatoms. The Morgan fingerprint density at radius 1 is 1.04 bits per heavy atom. The zero-order valence-corrected chi connectivity index (χ0v) is 13.5. The molecule has 0 unspecified atom stereocenters. The summed E-state index contributed by atoms with van der Waals surface area (Å²) in [7, 11) is 0. The number of nitrogens with one attached hydrogen (secondary N) is 2. The molecule has 4 amide bonds. The van der Waals surface area contributed by atoms with Crippen molar-refractivity contribution in [1.82, 2.24) is 0 Å². The summed E-state index contributed by atoms with van der Waals surface area (Å²) in [5, 5.41) is 5.26. The Labute approximate surface area is 144 Å². The highest BCUT2D eigenvalue weighted by atomic mass is 16.2. The second-order valence-electron chi connectivity index (χ2n) is 5.69. The highest BCUT2D eigenvalue weighted by Crippen LogP contribution is 2.29. The Hall–Kier alpha value is -3.35. The van der Waals surface area contributed by atoms with Gasteiger partial charge in [0.2, 0.25) is 5.91 Å². The van der Waals surface area contributed by atoms with Crippen LogP contribution in [0.15, 0.2) is 48.5 Å². The number of amides is 4. The van der Waals surface area contributed by atoms with Crippen LogP contribution in [0.4, 0.5) is 21.9 Å². The van der Waals surface area contributed by atoms with Gasteiger partial charge in [-0.2, -0.15) is 0 Å². The van der Waals surface area contributed by atoms with Crippen molar-refractivity contribution in [2.75, 3.05) is 22.1 Å². The first-order valence-corrected chi connectivity index (χ1v) is 7.92. The minimum Gasteiger partial charge on any atom is -0.351 e. The van der Waals surface area contributed by atoms with Gasteiger partial charge in [-0.1, -0.05) is 18.2 Å². The molecule has 0 saturated carbocycles. The molecule has 1 aliphatic rings. The fraction of sp³-hybridized carbons (Fsp3) is 0.167. The number of nitrogens with two attached hydrogens (primary N) is 1. The van der Waals surface area contributed by atoms with Crippen molar-refractivity contribution >= 4 is 34.9 Å². The Balaban J connectivity index is 1.82. The third kappa shape index (κ3) is 3.77.